The minimum atomic E-state index is -0.982. The van der Waals surface area contributed by atoms with Crippen molar-refractivity contribution in [2.45, 2.75) is 31.4 Å². The number of benzene rings is 1. The molecule has 1 aliphatic rings. The highest BCUT2D eigenvalue weighted by Gasteiger charge is 2.14. The second-order valence-electron chi connectivity index (χ2n) is 5.01. The molecule has 0 spiro atoms. The Morgan fingerprint density at radius 1 is 1.52 bits per heavy atom. The Hall–Kier alpha value is -1.59. The molecule has 2 atom stereocenters. The summed E-state index contributed by atoms with van der Waals surface area (Å²) in [6.07, 6.45) is 6.03. The lowest BCUT2D eigenvalue weighted by Crippen LogP contribution is -2.43. The molecule has 4 nitrogen and oxygen atoms in total. The zero-order valence-corrected chi connectivity index (χ0v) is 12.2. The van der Waals surface area contributed by atoms with Crippen LogP contribution in [0.1, 0.15) is 30.9 Å². The highest BCUT2D eigenvalue weighted by molar-refractivity contribution is 6.30. The Morgan fingerprint density at radius 2 is 2.33 bits per heavy atom. The number of urea groups is 1. The van der Waals surface area contributed by atoms with Crippen LogP contribution >= 0.6 is 11.6 Å². The second kappa shape index (κ2) is 7.43. The number of hydrogen-bond acceptors (Lipinski definition) is 2. The Bertz CT molecular complexity index is 536. The second-order valence-corrected chi connectivity index (χ2v) is 5.42. The molecule has 0 radical (unpaired) electrons. The van der Waals surface area contributed by atoms with Crippen molar-refractivity contribution in [3.63, 3.8) is 0 Å². The molecule has 0 bridgehead atoms. The predicted octanol–water partition coefficient (Wildman–Crippen LogP) is 2.92. The molecule has 0 fully saturated rings. The minimum absolute atomic E-state index is 0.000683. The van der Waals surface area contributed by atoms with Crippen LogP contribution in [0.3, 0.4) is 0 Å². The first-order valence-electron chi connectivity index (χ1n) is 6.90. The van der Waals surface area contributed by atoms with Crippen molar-refractivity contribution in [1.82, 2.24) is 10.6 Å². The number of aliphatic hydroxyl groups is 1. The van der Waals surface area contributed by atoms with Crippen molar-refractivity contribution in [1.29, 1.82) is 0 Å². The van der Waals surface area contributed by atoms with Gasteiger partial charge < -0.3 is 15.7 Å². The normalized spacial score (nSPS) is 19.1. The Morgan fingerprint density at radius 3 is 3.00 bits per heavy atom. The third kappa shape index (κ3) is 4.72. The van der Waals surface area contributed by atoms with Crippen molar-refractivity contribution in [3.8, 4) is 0 Å². The number of rotatable bonds is 4. The van der Waals surface area contributed by atoms with Gasteiger partial charge in [-0.05, 0) is 37.0 Å². The van der Waals surface area contributed by atoms with Gasteiger partial charge in [0, 0.05) is 12.6 Å². The number of carbonyl (C=O) groups excluding carboxylic acids is 1. The van der Waals surface area contributed by atoms with Gasteiger partial charge in [0.2, 0.25) is 0 Å². The largest absolute Gasteiger partial charge is 0.387 e. The molecule has 3 N–H and O–H groups in total. The van der Waals surface area contributed by atoms with Gasteiger partial charge in [-0.25, -0.2) is 9.18 Å². The summed E-state index contributed by atoms with van der Waals surface area (Å²) in [5.74, 6) is -0.593. The zero-order chi connectivity index (χ0) is 15.2. The molecule has 0 heterocycles. The molecule has 0 saturated carbocycles. The molecule has 1 aliphatic carbocycles. The van der Waals surface area contributed by atoms with Gasteiger partial charge >= 0.3 is 6.03 Å². The maximum Gasteiger partial charge on any atom is 0.315 e. The van der Waals surface area contributed by atoms with Gasteiger partial charge in [0.1, 0.15) is 5.82 Å². The van der Waals surface area contributed by atoms with Gasteiger partial charge in [-0.2, -0.15) is 0 Å². The van der Waals surface area contributed by atoms with Crippen LogP contribution in [-0.4, -0.2) is 23.7 Å². The Balaban J connectivity index is 1.81. The van der Waals surface area contributed by atoms with E-state index in [2.05, 4.69) is 10.6 Å². The molecule has 0 aromatic heterocycles. The van der Waals surface area contributed by atoms with Crippen LogP contribution in [0.4, 0.5) is 9.18 Å². The SMILES string of the molecule is O=C(NCC(O)c1ccc(Cl)c(F)c1)NC1C=CCCC1. The molecule has 1 aromatic rings. The van der Waals surface area contributed by atoms with Crippen LogP contribution in [0.2, 0.25) is 5.02 Å². The van der Waals surface area contributed by atoms with Crippen LogP contribution < -0.4 is 10.6 Å². The van der Waals surface area contributed by atoms with E-state index in [1.54, 1.807) is 0 Å². The van der Waals surface area contributed by atoms with E-state index in [1.807, 2.05) is 12.2 Å². The molecule has 114 valence electrons. The monoisotopic (exact) mass is 312 g/mol. The van der Waals surface area contributed by atoms with E-state index in [1.165, 1.54) is 12.1 Å². The number of halogens is 2. The Kier molecular flexibility index (Phi) is 5.59. The summed E-state index contributed by atoms with van der Waals surface area (Å²) in [7, 11) is 0. The van der Waals surface area contributed by atoms with E-state index in [-0.39, 0.29) is 23.6 Å². The average molecular weight is 313 g/mol. The first-order chi connectivity index (χ1) is 10.1. The van der Waals surface area contributed by atoms with Crippen LogP contribution in [0.15, 0.2) is 30.4 Å². The standard InChI is InChI=1S/C15H18ClFN2O2/c16-12-7-6-10(8-13(12)17)14(20)9-18-15(21)19-11-4-2-1-3-5-11/h2,4,6-8,11,14,20H,1,3,5,9H2,(H2,18,19,21). The number of carbonyl (C=O) groups is 1. The molecule has 2 rings (SSSR count). The van der Waals surface area contributed by atoms with E-state index in [0.717, 1.165) is 25.3 Å². The summed E-state index contributed by atoms with van der Waals surface area (Å²) >= 11 is 5.58. The Labute approximate surface area is 128 Å². The highest BCUT2D eigenvalue weighted by Crippen LogP contribution is 2.19. The summed E-state index contributed by atoms with van der Waals surface area (Å²) < 4.78 is 13.3. The fraction of sp³-hybridized carbons (Fsp3) is 0.400. The van der Waals surface area contributed by atoms with E-state index in [9.17, 15) is 14.3 Å². The van der Waals surface area contributed by atoms with E-state index in [0.29, 0.717) is 5.56 Å². The molecular formula is C15H18ClFN2O2. The topological polar surface area (TPSA) is 61.4 Å². The highest BCUT2D eigenvalue weighted by atomic mass is 35.5. The molecular weight excluding hydrogens is 295 g/mol. The summed E-state index contributed by atoms with van der Waals surface area (Å²) in [5.41, 5.74) is 0.370. The number of hydrogen-bond donors (Lipinski definition) is 3. The van der Waals surface area contributed by atoms with Crippen molar-refractivity contribution in [2.75, 3.05) is 6.54 Å². The summed E-state index contributed by atoms with van der Waals surface area (Å²) in [6, 6.07) is 3.75. The molecule has 0 saturated heterocycles. The quantitative estimate of drug-likeness (QED) is 0.749. The number of aliphatic hydroxyl groups excluding tert-OH is 1. The zero-order valence-electron chi connectivity index (χ0n) is 11.5. The third-order valence-electron chi connectivity index (χ3n) is 3.36. The van der Waals surface area contributed by atoms with Crippen LogP contribution in [-0.2, 0) is 0 Å². The molecule has 1 aromatic carbocycles. The lowest BCUT2D eigenvalue weighted by molar-refractivity contribution is 0.172. The fourth-order valence-corrected chi connectivity index (χ4v) is 2.30. The number of allylic oxidation sites excluding steroid dienone is 1. The first kappa shape index (κ1) is 15.8. The molecule has 0 aliphatic heterocycles. The number of amides is 2. The van der Waals surface area contributed by atoms with Crippen molar-refractivity contribution >= 4 is 17.6 Å². The van der Waals surface area contributed by atoms with Crippen molar-refractivity contribution < 1.29 is 14.3 Å². The third-order valence-corrected chi connectivity index (χ3v) is 3.66. The van der Waals surface area contributed by atoms with E-state index >= 15 is 0 Å². The lowest BCUT2D eigenvalue weighted by atomic mass is 10.0. The maximum atomic E-state index is 13.3. The minimum Gasteiger partial charge on any atom is -0.387 e. The predicted molar refractivity (Wildman–Crippen MR) is 79.7 cm³/mol. The smallest absolute Gasteiger partial charge is 0.315 e. The van der Waals surface area contributed by atoms with Crippen LogP contribution in [0, 0.1) is 5.82 Å². The summed E-state index contributed by atoms with van der Waals surface area (Å²) in [6.45, 7) is 0.00331. The van der Waals surface area contributed by atoms with Gasteiger partial charge in [0.05, 0.1) is 11.1 Å². The molecule has 2 amide bonds. The molecule has 6 heteroatoms. The molecule has 2 unspecified atom stereocenters. The van der Waals surface area contributed by atoms with Gasteiger partial charge in [0.25, 0.3) is 0 Å². The fourth-order valence-electron chi connectivity index (χ4n) is 2.18. The van der Waals surface area contributed by atoms with Gasteiger partial charge in [-0.15, -0.1) is 0 Å². The van der Waals surface area contributed by atoms with Gasteiger partial charge in [0.15, 0.2) is 0 Å². The number of nitrogens with one attached hydrogen (secondary N) is 2. The van der Waals surface area contributed by atoms with Crippen LogP contribution in [0.25, 0.3) is 0 Å². The average Bonchev–Trinajstić information content (AvgIpc) is 2.48. The summed E-state index contributed by atoms with van der Waals surface area (Å²) in [5, 5.41) is 15.3. The van der Waals surface area contributed by atoms with Gasteiger partial charge in [-0.3, -0.25) is 0 Å². The van der Waals surface area contributed by atoms with Crippen LogP contribution in [0.5, 0.6) is 0 Å². The maximum absolute atomic E-state index is 13.3. The first-order valence-corrected chi connectivity index (χ1v) is 7.28. The molecule has 21 heavy (non-hydrogen) atoms. The lowest BCUT2D eigenvalue weighted by Gasteiger charge is -2.19. The van der Waals surface area contributed by atoms with Gasteiger partial charge in [-0.1, -0.05) is 29.8 Å². The summed E-state index contributed by atoms with van der Waals surface area (Å²) in [4.78, 5) is 11.7. The van der Waals surface area contributed by atoms with E-state index < -0.39 is 11.9 Å². The van der Waals surface area contributed by atoms with Crippen molar-refractivity contribution in [3.05, 3.63) is 46.8 Å². The van der Waals surface area contributed by atoms with Crippen molar-refractivity contribution in [2.24, 2.45) is 0 Å². The van der Waals surface area contributed by atoms with E-state index in [4.69, 9.17) is 11.6 Å².